The van der Waals surface area contributed by atoms with Crippen LogP contribution in [0, 0.1) is 6.92 Å². The number of hydrogen-bond acceptors (Lipinski definition) is 3. The lowest BCUT2D eigenvalue weighted by molar-refractivity contribution is 0.103. The lowest BCUT2D eigenvalue weighted by Gasteiger charge is -2.13. The highest BCUT2D eigenvalue weighted by Crippen LogP contribution is 2.21. The molecule has 2 rings (SSSR count). The number of ketones is 1. The first-order valence-corrected chi connectivity index (χ1v) is 6.34. The molecular formula is C14H15NOS. The molecule has 3 heteroatoms. The minimum Gasteiger partial charge on any atom is -0.378 e. The Morgan fingerprint density at radius 2 is 2.00 bits per heavy atom. The van der Waals surface area contributed by atoms with Crippen LogP contribution in [0.2, 0.25) is 0 Å². The van der Waals surface area contributed by atoms with E-state index in [0.29, 0.717) is 0 Å². The molecule has 0 amide bonds. The van der Waals surface area contributed by atoms with Gasteiger partial charge >= 0.3 is 0 Å². The van der Waals surface area contributed by atoms with Crippen molar-refractivity contribution in [3.05, 3.63) is 51.7 Å². The van der Waals surface area contributed by atoms with E-state index in [1.807, 2.05) is 61.6 Å². The summed E-state index contributed by atoms with van der Waals surface area (Å²) >= 11 is 1.61. The van der Waals surface area contributed by atoms with Gasteiger partial charge in [-0.15, -0.1) is 11.3 Å². The Bertz CT molecular complexity index is 543. The van der Waals surface area contributed by atoms with Crippen LogP contribution in [0.25, 0.3) is 0 Å². The van der Waals surface area contributed by atoms with Gasteiger partial charge in [-0.1, -0.05) is 12.1 Å². The van der Waals surface area contributed by atoms with Crippen molar-refractivity contribution in [2.24, 2.45) is 0 Å². The first kappa shape index (κ1) is 11.9. The second-order valence-corrected chi connectivity index (χ2v) is 5.28. The number of hydrogen-bond donors (Lipinski definition) is 0. The topological polar surface area (TPSA) is 20.3 Å². The number of thiophene rings is 1. The van der Waals surface area contributed by atoms with E-state index in [-0.39, 0.29) is 5.78 Å². The molecule has 17 heavy (non-hydrogen) atoms. The first-order valence-electron chi connectivity index (χ1n) is 5.46. The summed E-state index contributed by atoms with van der Waals surface area (Å²) in [5.41, 5.74) is 2.60. The molecule has 2 aromatic rings. The Hall–Kier alpha value is -1.61. The summed E-state index contributed by atoms with van der Waals surface area (Å²) in [5, 5.41) is 1.96. The van der Waals surface area contributed by atoms with Crippen LogP contribution in [0.4, 0.5) is 5.69 Å². The zero-order valence-electron chi connectivity index (χ0n) is 10.2. The van der Waals surface area contributed by atoms with Crippen LogP contribution in [-0.2, 0) is 0 Å². The molecule has 0 saturated carbocycles. The monoisotopic (exact) mass is 245 g/mol. The molecule has 0 aliphatic rings. The number of rotatable bonds is 3. The average molecular weight is 245 g/mol. The molecule has 1 aromatic heterocycles. The highest BCUT2D eigenvalue weighted by atomic mass is 32.1. The van der Waals surface area contributed by atoms with Gasteiger partial charge in [-0.2, -0.15) is 0 Å². The van der Waals surface area contributed by atoms with Gasteiger partial charge in [0, 0.05) is 35.8 Å². The average Bonchev–Trinajstić information content (AvgIpc) is 2.74. The molecule has 1 heterocycles. The SMILES string of the molecule is Cc1sccc1C(=O)c1cccc(N(C)C)c1. The Morgan fingerprint density at radius 1 is 1.24 bits per heavy atom. The first-order chi connectivity index (χ1) is 8.09. The van der Waals surface area contributed by atoms with E-state index in [1.165, 1.54) is 0 Å². The van der Waals surface area contributed by atoms with Crippen molar-refractivity contribution >= 4 is 22.8 Å². The maximum absolute atomic E-state index is 12.3. The second kappa shape index (κ2) is 4.72. The fourth-order valence-corrected chi connectivity index (χ4v) is 2.40. The number of carbonyl (C=O) groups is 1. The van der Waals surface area contributed by atoms with Gasteiger partial charge in [0.05, 0.1) is 0 Å². The predicted molar refractivity (Wildman–Crippen MR) is 73.3 cm³/mol. The second-order valence-electron chi connectivity index (χ2n) is 4.16. The molecule has 0 unspecified atom stereocenters. The summed E-state index contributed by atoms with van der Waals surface area (Å²) < 4.78 is 0. The normalized spacial score (nSPS) is 10.3. The van der Waals surface area contributed by atoms with Crippen LogP contribution in [-0.4, -0.2) is 19.9 Å². The number of anilines is 1. The van der Waals surface area contributed by atoms with Crippen molar-refractivity contribution in [3.8, 4) is 0 Å². The molecule has 0 fully saturated rings. The van der Waals surface area contributed by atoms with E-state index in [1.54, 1.807) is 11.3 Å². The molecule has 0 spiro atoms. The minimum atomic E-state index is 0.104. The van der Waals surface area contributed by atoms with Crippen LogP contribution in [0.1, 0.15) is 20.8 Å². The molecule has 0 atom stereocenters. The lowest BCUT2D eigenvalue weighted by Crippen LogP contribution is -2.10. The number of carbonyl (C=O) groups excluding carboxylic acids is 1. The summed E-state index contributed by atoms with van der Waals surface area (Å²) in [6, 6.07) is 9.61. The van der Waals surface area contributed by atoms with Crippen molar-refractivity contribution in [2.45, 2.75) is 6.92 Å². The molecule has 0 bridgehead atoms. The maximum Gasteiger partial charge on any atom is 0.194 e. The third-order valence-electron chi connectivity index (χ3n) is 2.73. The number of aryl methyl sites for hydroxylation is 1. The number of nitrogens with zero attached hydrogens (tertiary/aromatic N) is 1. The van der Waals surface area contributed by atoms with E-state index >= 15 is 0 Å². The smallest absolute Gasteiger partial charge is 0.194 e. The van der Waals surface area contributed by atoms with Gasteiger partial charge in [0.2, 0.25) is 0 Å². The van der Waals surface area contributed by atoms with E-state index in [0.717, 1.165) is 21.7 Å². The van der Waals surface area contributed by atoms with E-state index in [2.05, 4.69) is 0 Å². The van der Waals surface area contributed by atoms with Gasteiger partial charge in [0.1, 0.15) is 0 Å². The van der Waals surface area contributed by atoms with Crippen LogP contribution in [0.5, 0.6) is 0 Å². The standard InChI is InChI=1S/C14H15NOS/c1-10-13(7-8-17-10)14(16)11-5-4-6-12(9-11)15(2)3/h4-9H,1-3H3. The fraction of sp³-hybridized carbons (Fsp3) is 0.214. The van der Waals surface area contributed by atoms with Gasteiger partial charge in [0.15, 0.2) is 5.78 Å². The zero-order valence-corrected chi connectivity index (χ0v) is 11.0. The Morgan fingerprint density at radius 3 is 2.59 bits per heavy atom. The molecule has 0 N–H and O–H groups in total. The van der Waals surface area contributed by atoms with Crippen LogP contribution in [0.15, 0.2) is 35.7 Å². The Kier molecular flexibility index (Phi) is 3.29. The van der Waals surface area contributed by atoms with Gasteiger partial charge in [0.25, 0.3) is 0 Å². The molecule has 88 valence electrons. The van der Waals surface area contributed by atoms with Gasteiger partial charge in [-0.3, -0.25) is 4.79 Å². The van der Waals surface area contributed by atoms with Crippen LogP contribution in [0.3, 0.4) is 0 Å². The third kappa shape index (κ3) is 2.39. The van der Waals surface area contributed by atoms with Gasteiger partial charge < -0.3 is 4.90 Å². The van der Waals surface area contributed by atoms with E-state index in [4.69, 9.17) is 0 Å². The summed E-state index contributed by atoms with van der Waals surface area (Å²) in [4.78, 5) is 15.4. The summed E-state index contributed by atoms with van der Waals surface area (Å²) in [6.07, 6.45) is 0. The van der Waals surface area contributed by atoms with Crippen molar-refractivity contribution in [1.82, 2.24) is 0 Å². The summed E-state index contributed by atoms with van der Waals surface area (Å²) in [7, 11) is 3.94. The molecule has 0 aliphatic carbocycles. The molecule has 0 saturated heterocycles. The van der Waals surface area contributed by atoms with Crippen molar-refractivity contribution in [3.63, 3.8) is 0 Å². The fourth-order valence-electron chi connectivity index (χ4n) is 1.70. The summed E-state index contributed by atoms with van der Waals surface area (Å²) in [6.45, 7) is 1.98. The molecule has 0 aliphatic heterocycles. The van der Waals surface area contributed by atoms with E-state index in [9.17, 15) is 4.79 Å². The largest absolute Gasteiger partial charge is 0.378 e. The van der Waals surface area contributed by atoms with Crippen molar-refractivity contribution in [2.75, 3.05) is 19.0 Å². The number of benzene rings is 1. The van der Waals surface area contributed by atoms with Crippen molar-refractivity contribution in [1.29, 1.82) is 0 Å². The van der Waals surface area contributed by atoms with Crippen LogP contribution < -0.4 is 4.90 Å². The quantitative estimate of drug-likeness (QED) is 0.773. The van der Waals surface area contributed by atoms with Crippen molar-refractivity contribution < 1.29 is 4.79 Å². The Labute approximate surface area is 106 Å². The van der Waals surface area contributed by atoms with Crippen LogP contribution >= 0.6 is 11.3 Å². The van der Waals surface area contributed by atoms with E-state index < -0.39 is 0 Å². The minimum absolute atomic E-state index is 0.104. The molecule has 0 radical (unpaired) electrons. The zero-order chi connectivity index (χ0) is 12.4. The van der Waals surface area contributed by atoms with Gasteiger partial charge in [-0.25, -0.2) is 0 Å². The molecular weight excluding hydrogens is 230 g/mol. The van der Waals surface area contributed by atoms with Gasteiger partial charge in [-0.05, 0) is 30.5 Å². The third-order valence-corrected chi connectivity index (χ3v) is 3.57. The highest BCUT2D eigenvalue weighted by molar-refractivity contribution is 7.10. The maximum atomic E-state index is 12.3. The predicted octanol–water partition coefficient (Wildman–Crippen LogP) is 3.35. The summed E-state index contributed by atoms with van der Waals surface area (Å²) in [5.74, 6) is 0.104. The highest BCUT2D eigenvalue weighted by Gasteiger charge is 2.13. The molecule has 1 aromatic carbocycles. The Balaban J connectivity index is 2.38. The lowest BCUT2D eigenvalue weighted by atomic mass is 10.0. The molecule has 2 nitrogen and oxygen atoms in total.